The molecule has 0 saturated carbocycles. The van der Waals surface area contributed by atoms with E-state index in [9.17, 15) is 35.5 Å². The van der Waals surface area contributed by atoms with Gasteiger partial charge in [0.2, 0.25) is 0 Å². The minimum atomic E-state index is -4.81. The van der Waals surface area contributed by atoms with Gasteiger partial charge in [0.25, 0.3) is 0 Å². The molecule has 0 aliphatic heterocycles. The van der Waals surface area contributed by atoms with Crippen molar-refractivity contribution >= 4 is 54.6 Å². The second-order valence-corrected chi connectivity index (χ2v) is 13.2. The normalized spacial score (nSPS) is 12.4. The van der Waals surface area contributed by atoms with Gasteiger partial charge in [0.05, 0.1) is 32.3 Å². The molecule has 0 heterocycles. The number of carbonyl (C=O) groups excluding carboxylic acids is 2. The first-order chi connectivity index (χ1) is 20.6. The average molecular weight is 679 g/mol. The molecule has 0 atom stereocenters. The van der Waals surface area contributed by atoms with E-state index >= 15 is 0 Å². The fraction of sp³-hybridized carbons (Fsp3) is 0.188. The molecule has 0 bridgehead atoms. The smallest absolute Gasteiger partial charge is 0.744 e. The van der Waals surface area contributed by atoms with Gasteiger partial charge >= 0.3 is 59.1 Å². The van der Waals surface area contributed by atoms with E-state index in [1.807, 2.05) is 0 Å². The van der Waals surface area contributed by atoms with Gasteiger partial charge in [0, 0.05) is 22.5 Å². The SMILES string of the molecule is CCc1cc(Nc2ccc(Nc3cc(CC)cc(S(=O)(=O)[O-])c3C)c3c2C(=O)c2ccccc2C3=O)c(C)c(S(=O)(=O)[O-])c1.[Na+].[Na+]. The fourth-order valence-corrected chi connectivity index (χ4v) is 6.96. The van der Waals surface area contributed by atoms with Crippen LogP contribution in [0.4, 0.5) is 22.7 Å². The van der Waals surface area contributed by atoms with Crippen LogP contribution in [0.25, 0.3) is 0 Å². The Balaban J connectivity index is 0.00000288. The van der Waals surface area contributed by atoms with Gasteiger partial charge in [-0.05, 0) is 85.3 Å². The van der Waals surface area contributed by atoms with Crippen LogP contribution in [-0.4, -0.2) is 37.5 Å². The number of benzene rings is 4. The predicted molar refractivity (Wildman–Crippen MR) is 163 cm³/mol. The minimum Gasteiger partial charge on any atom is -0.744 e. The van der Waals surface area contributed by atoms with Gasteiger partial charge in [0.15, 0.2) is 11.6 Å². The Kier molecular flexibility index (Phi) is 11.9. The van der Waals surface area contributed by atoms with E-state index in [0.29, 0.717) is 24.0 Å². The molecular weight excluding hydrogens is 650 g/mol. The molecule has 1 aliphatic carbocycles. The zero-order chi connectivity index (χ0) is 32.1. The minimum absolute atomic E-state index is 0. The van der Waals surface area contributed by atoms with Crippen LogP contribution in [0.2, 0.25) is 0 Å². The molecule has 0 aromatic heterocycles. The first-order valence-corrected chi connectivity index (χ1v) is 16.6. The topological polar surface area (TPSA) is 173 Å². The summed E-state index contributed by atoms with van der Waals surface area (Å²) in [7, 11) is -9.62. The molecular formula is C32H28N2Na2O8S2. The first kappa shape index (κ1) is 38.1. The molecule has 0 saturated heterocycles. The summed E-state index contributed by atoms with van der Waals surface area (Å²) in [5.74, 6) is -0.937. The Morgan fingerprint density at radius 3 is 1.24 bits per heavy atom. The summed E-state index contributed by atoms with van der Waals surface area (Å²) in [6, 6.07) is 15.4. The number of nitrogens with one attached hydrogen (secondary N) is 2. The third-order valence-electron chi connectivity index (χ3n) is 7.81. The summed E-state index contributed by atoms with van der Waals surface area (Å²) in [5, 5.41) is 6.19. The summed E-state index contributed by atoms with van der Waals surface area (Å²) in [4.78, 5) is 27.2. The van der Waals surface area contributed by atoms with E-state index in [1.54, 1.807) is 38.1 Å². The van der Waals surface area contributed by atoms with Gasteiger partial charge in [-0.25, -0.2) is 16.8 Å². The molecule has 5 rings (SSSR count). The van der Waals surface area contributed by atoms with Crippen molar-refractivity contribution in [1.82, 2.24) is 0 Å². The van der Waals surface area contributed by atoms with Crippen LogP contribution in [0.15, 0.2) is 70.5 Å². The van der Waals surface area contributed by atoms with Gasteiger partial charge in [-0.2, -0.15) is 0 Å². The second kappa shape index (κ2) is 14.4. The standard InChI is InChI=1S/C32H30N2O8S2.2Na/c1-5-19-13-25(17(3)27(15-19)43(37,38)39)33-23-11-12-24(30-29(23)31(35)21-9-7-8-10-22(21)32(30)36)34-26-14-20(6-2)16-28(18(26)4)44(40,41)42;;/h7-16,33-34H,5-6H2,1-4H3,(H,37,38,39)(H,40,41,42);;/q;2*+1/p-2. The molecule has 0 amide bonds. The maximum absolute atomic E-state index is 14.0. The number of aryl methyl sites for hydroxylation is 2. The summed E-state index contributed by atoms with van der Waals surface area (Å²) in [6.07, 6.45) is 0.862. The Morgan fingerprint density at radius 2 is 0.935 bits per heavy atom. The number of hydrogen-bond donors (Lipinski definition) is 2. The molecule has 4 aromatic rings. The Hall–Kier alpha value is -2.36. The van der Waals surface area contributed by atoms with Crippen LogP contribution >= 0.6 is 0 Å². The zero-order valence-electron chi connectivity index (χ0n) is 26.3. The van der Waals surface area contributed by atoms with E-state index in [0.717, 1.165) is 0 Å². The van der Waals surface area contributed by atoms with Crippen LogP contribution in [0.3, 0.4) is 0 Å². The van der Waals surface area contributed by atoms with Crippen molar-refractivity contribution in [3.8, 4) is 0 Å². The van der Waals surface area contributed by atoms with Crippen molar-refractivity contribution in [2.75, 3.05) is 10.6 Å². The van der Waals surface area contributed by atoms with Gasteiger partial charge in [-0.15, -0.1) is 0 Å². The van der Waals surface area contributed by atoms with Crippen molar-refractivity contribution < 1.29 is 94.6 Å². The number of anilines is 4. The van der Waals surface area contributed by atoms with Crippen molar-refractivity contribution in [3.05, 3.63) is 105 Å². The van der Waals surface area contributed by atoms with Gasteiger partial charge in [-0.1, -0.05) is 38.1 Å². The summed E-state index contributed by atoms with van der Waals surface area (Å²) in [6.45, 7) is 6.55. The summed E-state index contributed by atoms with van der Waals surface area (Å²) >= 11 is 0. The molecule has 0 radical (unpaired) electrons. The Bertz CT molecular complexity index is 1970. The molecule has 1 aliphatic rings. The van der Waals surface area contributed by atoms with E-state index < -0.39 is 41.6 Å². The van der Waals surface area contributed by atoms with Crippen LogP contribution in [0.1, 0.15) is 67.9 Å². The predicted octanol–water partition coefficient (Wildman–Crippen LogP) is -0.493. The van der Waals surface area contributed by atoms with Gasteiger partial charge in [-0.3, -0.25) is 9.59 Å². The maximum Gasteiger partial charge on any atom is 1.00 e. The first-order valence-electron chi connectivity index (χ1n) is 13.7. The average Bonchev–Trinajstić information content (AvgIpc) is 2.97. The van der Waals surface area contributed by atoms with E-state index in [4.69, 9.17) is 0 Å². The molecule has 0 spiro atoms. The number of ketones is 2. The van der Waals surface area contributed by atoms with Crippen LogP contribution < -0.4 is 69.7 Å². The van der Waals surface area contributed by atoms with Crippen molar-refractivity contribution in [1.29, 1.82) is 0 Å². The molecule has 4 aromatic carbocycles. The molecule has 2 N–H and O–H groups in total. The monoisotopic (exact) mass is 678 g/mol. The molecule has 0 fully saturated rings. The van der Waals surface area contributed by atoms with Crippen molar-refractivity contribution in [2.45, 2.75) is 50.3 Å². The van der Waals surface area contributed by atoms with Crippen LogP contribution in [0, 0.1) is 13.8 Å². The number of hydrogen-bond acceptors (Lipinski definition) is 10. The van der Waals surface area contributed by atoms with Gasteiger partial charge < -0.3 is 19.7 Å². The van der Waals surface area contributed by atoms with Crippen molar-refractivity contribution in [2.24, 2.45) is 0 Å². The van der Waals surface area contributed by atoms with Gasteiger partial charge in [0.1, 0.15) is 20.2 Å². The Labute approximate surface area is 312 Å². The molecule has 46 heavy (non-hydrogen) atoms. The van der Waals surface area contributed by atoms with E-state index in [1.165, 1.54) is 50.2 Å². The largest absolute Gasteiger partial charge is 1.00 e. The third-order valence-corrected chi connectivity index (χ3v) is 9.73. The van der Waals surface area contributed by atoms with Crippen LogP contribution in [0.5, 0.6) is 0 Å². The van der Waals surface area contributed by atoms with Crippen LogP contribution in [-0.2, 0) is 33.1 Å². The number of carbonyl (C=O) groups is 2. The summed E-state index contributed by atoms with van der Waals surface area (Å²) in [5.41, 5.74) is 2.77. The van der Waals surface area contributed by atoms with E-state index in [-0.39, 0.29) is 115 Å². The molecule has 14 heteroatoms. The molecule has 228 valence electrons. The third kappa shape index (κ3) is 7.21. The zero-order valence-corrected chi connectivity index (χ0v) is 31.9. The quantitative estimate of drug-likeness (QED) is 0.161. The number of rotatable bonds is 8. The Morgan fingerprint density at radius 1 is 0.587 bits per heavy atom. The molecule has 0 unspecified atom stereocenters. The number of fused-ring (bicyclic) bond motifs is 2. The summed E-state index contributed by atoms with van der Waals surface area (Å²) < 4.78 is 72.1. The second-order valence-electron chi connectivity index (χ2n) is 10.5. The fourth-order valence-electron chi connectivity index (χ4n) is 5.40. The maximum atomic E-state index is 14.0. The molecule has 10 nitrogen and oxygen atoms in total. The van der Waals surface area contributed by atoms with Crippen molar-refractivity contribution in [3.63, 3.8) is 0 Å². The van der Waals surface area contributed by atoms with E-state index in [2.05, 4.69) is 10.6 Å².